The molecule has 2 bridgehead atoms. The summed E-state index contributed by atoms with van der Waals surface area (Å²) in [5.41, 5.74) is 2.46. The zero-order valence-electron chi connectivity index (χ0n) is 18.1. The highest BCUT2D eigenvalue weighted by Crippen LogP contribution is 2.40. The number of amides is 2. The predicted molar refractivity (Wildman–Crippen MR) is 118 cm³/mol. The van der Waals surface area contributed by atoms with Gasteiger partial charge in [0.2, 0.25) is 0 Å². The van der Waals surface area contributed by atoms with Crippen LogP contribution in [0.15, 0.2) is 36.7 Å². The highest BCUT2D eigenvalue weighted by molar-refractivity contribution is 5.74. The topological polar surface area (TPSA) is 75.0 Å². The van der Waals surface area contributed by atoms with Crippen molar-refractivity contribution in [2.45, 2.75) is 38.8 Å². The molecule has 0 aliphatic carbocycles. The van der Waals surface area contributed by atoms with Crippen molar-refractivity contribution in [2.75, 3.05) is 31.1 Å². The molecule has 5 rings (SSSR count). The van der Waals surface area contributed by atoms with Crippen LogP contribution in [0.25, 0.3) is 5.65 Å². The first kappa shape index (κ1) is 20.5. The summed E-state index contributed by atoms with van der Waals surface area (Å²) in [4.78, 5) is 21.6. The van der Waals surface area contributed by atoms with Gasteiger partial charge in [0.15, 0.2) is 5.65 Å². The highest BCUT2D eigenvalue weighted by atomic mass is 19.1. The molecule has 3 aromatic rings. The number of hydrogen-bond acceptors (Lipinski definition) is 5. The van der Waals surface area contributed by atoms with Crippen LogP contribution in [0.4, 0.5) is 15.0 Å². The van der Waals surface area contributed by atoms with Crippen molar-refractivity contribution in [3.05, 3.63) is 53.6 Å². The van der Waals surface area contributed by atoms with Gasteiger partial charge in [0, 0.05) is 37.0 Å². The van der Waals surface area contributed by atoms with Crippen LogP contribution in [0.2, 0.25) is 0 Å². The second kappa shape index (κ2) is 8.64. The third-order valence-electron chi connectivity index (χ3n) is 6.11. The van der Waals surface area contributed by atoms with Crippen LogP contribution in [-0.4, -0.2) is 51.8 Å². The Labute approximate surface area is 186 Å². The molecule has 4 heterocycles. The molecule has 9 heteroatoms. The Kier molecular flexibility index (Phi) is 5.55. The molecule has 2 aromatic heterocycles. The lowest BCUT2D eigenvalue weighted by molar-refractivity contribution is 0.189. The number of rotatable bonds is 1. The third kappa shape index (κ3) is 3.83. The molecule has 1 N–H and O–H groups in total. The van der Waals surface area contributed by atoms with Crippen LogP contribution >= 0.6 is 0 Å². The van der Waals surface area contributed by atoms with Crippen LogP contribution in [0.5, 0.6) is 5.75 Å². The summed E-state index contributed by atoms with van der Waals surface area (Å²) in [7, 11) is 0. The molecule has 2 amide bonds. The second-order valence-electron chi connectivity index (χ2n) is 8.22. The van der Waals surface area contributed by atoms with Gasteiger partial charge in [0.1, 0.15) is 17.4 Å². The summed E-state index contributed by atoms with van der Waals surface area (Å²) in [5.74, 6) is 1.24. The summed E-state index contributed by atoms with van der Waals surface area (Å²) >= 11 is 0. The van der Waals surface area contributed by atoms with Crippen molar-refractivity contribution >= 4 is 17.5 Å². The number of nitrogens with one attached hydrogen (secondary N) is 1. The Morgan fingerprint density at radius 3 is 3.06 bits per heavy atom. The zero-order valence-corrected chi connectivity index (χ0v) is 18.1. The molecule has 1 aromatic carbocycles. The average Bonchev–Trinajstić information content (AvgIpc) is 3.43. The summed E-state index contributed by atoms with van der Waals surface area (Å²) in [6.45, 7) is 4.66. The van der Waals surface area contributed by atoms with Gasteiger partial charge in [0.05, 0.1) is 25.4 Å². The number of carbonyl (C=O) groups excluding carboxylic acids is 1. The molecular weight excluding hydrogens is 411 g/mol. The molecule has 0 spiro atoms. The minimum absolute atomic E-state index is 0.00297. The van der Waals surface area contributed by atoms with E-state index in [1.807, 2.05) is 19.2 Å². The first-order valence-electron chi connectivity index (χ1n) is 11.2. The molecule has 32 heavy (non-hydrogen) atoms. The van der Waals surface area contributed by atoms with Crippen molar-refractivity contribution in [3.8, 4) is 5.75 Å². The van der Waals surface area contributed by atoms with Gasteiger partial charge in [0.25, 0.3) is 0 Å². The quantitative estimate of drug-likeness (QED) is 0.629. The molecule has 1 saturated heterocycles. The van der Waals surface area contributed by atoms with E-state index in [0.29, 0.717) is 38.4 Å². The third-order valence-corrected chi connectivity index (χ3v) is 6.11. The van der Waals surface area contributed by atoms with E-state index in [0.717, 1.165) is 42.0 Å². The summed E-state index contributed by atoms with van der Waals surface area (Å²) in [5, 5.41) is 7.31. The molecule has 2 aliphatic heterocycles. The monoisotopic (exact) mass is 438 g/mol. The molecular formula is C23H27FN6O2. The van der Waals surface area contributed by atoms with Crippen molar-refractivity contribution in [3.63, 3.8) is 0 Å². The Morgan fingerprint density at radius 1 is 1.28 bits per heavy atom. The van der Waals surface area contributed by atoms with Crippen molar-refractivity contribution in [1.29, 1.82) is 0 Å². The number of halogens is 1. The first-order chi connectivity index (χ1) is 15.6. The van der Waals surface area contributed by atoms with Crippen LogP contribution in [0.3, 0.4) is 0 Å². The van der Waals surface area contributed by atoms with E-state index in [4.69, 9.17) is 9.72 Å². The maximum absolute atomic E-state index is 14.2. The lowest BCUT2D eigenvalue weighted by Gasteiger charge is -2.28. The molecule has 2 aliphatic rings. The van der Waals surface area contributed by atoms with E-state index in [1.54, 1.807) is 27.7 Å². The maximum Gasteiger partial charge on any atom is 0.317 e. The van der Waals surface area contributed by atoms with E-state index < -0.39 is 0 Å². The van der Waals surface area contributed by atoms with Gasteiger partial charge in [-0.3, -0.25) is 0 Å². The average molecular weight is 439 g/mol. The van der Waals surface area contributed by atoms with Gasteiger partial charge in [-0.1, -0.05) is 0 Å². The van der Waals surface area contributed by atoms with Crippen LogP contribution in [0.1, 0.15) is 43.4 Å². The fraction of sp³-hybridized carbons (Fsp3) is 0.435. The minimum atomic E-state index is -0.274. The standard InChI is InChI=1S/C23H27FN6O2/c1-2-25-23(31)28-9-4-12-32-20-7-6-17(24)13-18(20)19-5-3-10-29(19)21-8-11-30-22(27-21)16(15-28)14-26-30/h6-8,11,13-14,19H,2-5,9-10,12,15H2,1H3,(H,25,31)/t19-/m1/s1. The normalized spacial score (nSPS) is 18.8. The second-order valence-corrected chi connectivity index (χ2v) is 8.22. The number of urea groups is 1. The first-order valence-corrected chi connectivity index (χ1v) is 11.2. The van der Waals surface area contributed by atoms with E-state index >= 15 is 0 Å². The fourth-order valence-electron chi connectivity index (χ4n) is 4.61. The Morgan fingerprint density at radius 2 is 2.19 bits per heavy atom. The largest absolute Gasteiger partial charge is 0.493 e. The van der Waals surface area contributed by atoms with E-state index in [9.17, 15) is 9.18 Å². The van der Waals surface area contributed by atoms with Crippen molar-refractivity contribution in [2.24, 2.45) is 0 Å². The molecule has 168 valence electrons. The number of ether oxygens (including phenoxy) is 1. The van der Waals surface area contributed by atoms with E-state index in [2.05, 4.69) is 15.3 Å². The smallest absolute Gasteiger partial charge is 0.317 e. The lowest BCUT2D eigenvalue weighted by Crippen LogP contribution is -2.40. The summed E-state index contributed by atoms with van der Waals surface area (Å²) < 4.78 is 22.0. The highest BCUT2D eigenvalue weighted by Gasteiger charge is 2.30. The molecule has 8 nitrogen and oxygen atoms in total. The number of anilines is 1. The number of aromatic nitrogens is 3. The molecule has 1 atom stereocenters. The summed E-state index contributed by atoms with van der Waals surface area (Å²) in [6.07, 6.45) is 6.21. The van der Waals surface area contributed by atoms with Gasteiger partial charge >= 0.3 is 6.03 Å². The van der Waals surface area contributed by atoms with Gasteiger partial charge in [-0.15, -0.1) is 0 Å². The zero-order chi connectivity index (χ0) is 22.1. The Hall–Kier alpha value is -3.36. The fourth-order valence-corrected chi connectivity index (χ4v) is 4.61. The van der Waals surface area contributed by atoms with Crippen LogP contribution in [-0.2, 0) is 6.54 Å². The number of fused-ring (bicyclic) bond motifs is 5. The number of carbonyl (C=O) groups is 1. The Bertz CT molecular complexity index is 1130. The maximum atomic E-state index is 14.2. The van der Waals surface area contributed by atoms with Crippen LogP contribution < -0.4 is 15.0 Å². The van der Waals surface area contributed by atoms with Crippen molar-refractivity contribution in [1.82, 2.24) is 24.8 Å². The lowest BCUT2D eigenvalue weighted by atomic mass is 10.0. The van der Waals surface area contributed by atoms with Gasteiger partial charge in [-0.05, 0) is 50.5 Å². The minimum Gasteiger partial charge on any atom is -0.493 e. The number of hydrogen-bond donors (Lipinski definition) is 1. The predicted octanol–water partition coefficient (Wildman–Crippen LogP) is 3.52. The molecule has 1 fully saturated rings. The SMILES string of the molecule is CCNC(=O)N1CCCOc2ccc(F)cc2[C@H]2CCCN2c2ccn3ncc(c3n2)C1. The Balaban J connectivity index is 1.59. The van der Waals surface area contributed by atoms with E-state index in [1.165, 1.54) is 6.07 Å². The van der Waals surface area contributed by atoms with Crippen LogP contribution in [0, 0.1) is 5.82 Å². The molecule has 0 radical (unpaired) electrons. The van der Waals surface area contributed by atoms with E-state index in [-0.39, 0.29) is 17.9 Å². The van der Waals surface area contributed by atoms with Gasteiger partial charge in [-0.25, -0.2) is 18.7 Å². The van der Waals surface area contributed by atoms with Gasteiger partial charge in [-0.2, -0.15) is 5.10 Å². The number of benzene rings is 1. The summed E-state index contributed by atoms with van der Waals surface area (Å²) in [6, 6.07) is 6.53. The molecule has 0 saturated carbocycles. The number of nitrogens with zero attached hydrogens (tertiary/aromatic N) is 5. The van der Waals surface area contributed by atoms with Crippen molar-refractivity contribution < 1.29 is 13.9 Å². The van der Waals surface area contributed by atoms with Gasteiger partial charge < -0.3 is 19.9 Å². The molecule has 0 unspecified atom stereocenters.